The highest BCUT2D eigenvalue weighted by Gasteiger charge is 2.19. The number of benzene rings is 3. The van der Waals surface area contributed by atoms with Crippen molar-refractivity contribution < 1.29 is 28.5 Å². The normalized spacial score (nSPS) is 10.4. The summed E-state index contributed by atoms with van der Waals surface area (Å²) in [5.74, 6) is 1.95. The van der Waals surface area contributed by atoms with E-state index >= 15 is 0 Å². The topological polar surface area (TPSA) is 71.1 Å². The van der Waals surface area contributed by atoms with Crippen molar-refractivity contribution in [3.05, 3.63) is 82.4 Å². The Morgan fingerprint density at radius 3 is 1.88 bits per heavy atom. The second-order valence-electron chi connectivity index (χ2n) is 7.16. The molecule has 0 unspecified atom stereocenters. The van der Waals surface area contributed by atoms with Gasteiger partial charge < -0.3 is 23.7 Å². The van der Waals surface area contributed by atoms with Crippen LogP contribution in [0.1, 0.15) is 34.3 Å². The number of ketones is 1. The number of aldehydes is 1. The van der Waals surface area contributed by atoms with Gasteiger partial charge in [0.15, 0.2) is 17.3 Å². The number of Topliss-reactive ketones (excluding diaryl/α,β-unsaturated/α-hetero) is 1. The number of ether oxygens (including phenoxy) is 4. The summed E-state index contributed by atoms with van der Waals surface area (Å²) in [5, 5.41) is 0.159. The summed E-state index contributed by atoms with van der Waals surface area (Å²) in [6.07, 6.45) is 0.916. The molecule has 0 saturated carbocycles. The van der Waals surface area contributed by atoms with Crippen molar-refractivity contribution in [2.24, 2.45) is 0 Å². The maximum Gasteiger partial charge on any atom is 0.180 e. The summed E-state index contributed by atoms with van der Waals surface area (Å²) in [6.45, 7) is 0.492. The average molecular weight is 469 g/mol. The third-order valence-corrected chi connectivity index (χ3v) is 5.32. The lowest BCUT2D eigenvalue weighted by atomic mass is 10.1. The second-order valence-corrected chi connectivity index (χ2v) is 7.53. The Bertz CT molecular complexity index is 1080. The molecule has 0 amide bonds. The van der Waals surface area contributed by atoms with E-state index in [4.69, 9.17) is 30.5 Å². The number of hydrogen-bond acceptors (Lipinski definition) is 6. The lowest BCUT2D eigenvalue weighted by Gasteiger charge is -2.16. The van der Waals surface area contributed by atoms with Crippen LogP contribution in [0.25, 0.3) is 0 Å². The van der Waals surface area contributed by atoms with Gasteiger partial charge in [-0.05, 0) is 47.5 Å². The van der Waals surface area contributed by atoms with Crippen LogP contribution in [0, 0.1) is 0 Å². The van der Waals surface area contributed by atoms with Gasteiger partial charge in [-0.1, -0.05) is 35.9 Å². The number of carbonyl (C=O) groups is 2. The number of rotatable bonds is 12. The molecule has 0 fully saturated rings. The number of methoxy groups -OCH3 is 2. The van der Waals surface area contributed by atoms with Crippen molar-refractivity contribution >= 4 is 23.7 Å². The van der Waals surface area contributed by atoms with Crippen LogP contribution in [0.2, 0.25) is 5.02 Å². The lowest BCUT2D eigenvalue weighted by molar-refractivity contribution is -0.107. The molecule has 0 heterocycles. The minimum Gasteiger partial charge on any atom is -0.497 e. The van der Waals surface area contributed by atoms with Gasteiger partial charge in [-0.25, -0.2) is 0 Å². The standard InChI is InChI=1S/C26H25ClO6/c1-30-20-9-5-18(6-10-20)16-32-24-14-13-22(23(29)4-3-15-28)25(27)26(24)33-17-19-7-11-21(31-2)12-8-19/h5-15H,3-4,16-17H2,1-2H3. The van der Waals surface area contributed by atoms with E-state index in [2.05, 4.69) is 0 Å². The van der Waals surface area contributed by atoms with Crippen molar-refractivity contribution in [2.75, 3.05) is 14.2 Å². The third kappa shape index (κ3) is 6.49. The molecule has 0 N–H and O–H groups in total. The van der Waals surface area contributed by atoms with Gasteiger partial charge in [0.1, 0.15) is 31.0 Å². The SMILES string of the molecule is COc1ccc(COc2ccc(C(=O)CCC=O)c(Cl)c2OCc2ccc(OC)cc2)cc1. The molecule has 172 valence electrons. The molecule has 0 atom stereocenters. The van der Waals surface area contributed by atoms with Crippen LogP contribution in [-0.4, -0.2) is 26.3 Å². The lowest BCUT2D eigenvalue weighted by Crippen LogP contribution is -2.06. The molecule has 0 aromatic heterocycles. The molecule has 33 heavy (non-hydrogen) atoms. The van der Waals surface area contributed by atoms with Gasteiger partial charge in [0.2, 0.25) is 0 Å². The molecule has 6 nitrogen and oxygen atoms in total. The van der Waals surface area contributed by atoms with Gasteiger partial charge in [0.25, 0.3) is 0 Å². The summed E-state index contributed by atoms with van der Waals surface area (Å²) in [7, 11) is 3.21. The zero-order valence-corrected chi connectivity index (χ0v) is 19.3. The van der Waals surface area contributed by atoms with E-state index in [0.29, 0.717) is 17.6 Å². The molecule has 7 heteroatoms. The van der Waals surface area contributed by atoms with Gasteiger partial charge >= 0.3 is 0 Å². The van der Waals surface area contributed by atoms with Crippen molar-refractivity contribution in [1.29, 1.82) is 0 Å². The number of carbonyl (C=O) groups excluding carboxylic acids is 2. The fourth-order valence-corrected chi connectivity index (χ4v) is 3.40. The first kappa shape index (κ1) is 24.1. The van der Waals surface area contributed by atoms with Crippen LogP contribution in [-0.2, 0) is 18.0 Å². The van der Waals surface area contributed by atoms with Crippen LogP contribution >= 0.6 is 11.6 Å². The van der Waals surface area contributed by atoms with E-state index < -0.39 is 0 Å². The van der Waals surface area contributed by atoms with Gasteiger partial charge in [-0.15, -0.1) is 0 Å². The molecule has 0 spiro atoms. The van der Waals surface area contributed by atoms with Gasteiger partial charge in [0, 0.05) is 18.4 Å². The van der Waals surface area contributed by atoms with E-state index in [1.54, 1.807) is 26.4 Å². The highest BCUT2D eigenvalue weighted by atomic mass is 35.5. The number of halogens is 1. The van der Waals surface area contributed by atoms with E-state index in [1.807, 2.05) is 48.5 Å². The number of hydrogen-bond donors (Lipinski definition) is 0. The first-order valence-electron chi connectivity index (χ1n) is 10.4. The summed E-state index contributed by atoms with van der Waals surface area (Å²) in [5.41, 5.74) is 2.12. The van der Waals surface area contributed by atoms with Crippen LogP contribution in [0.3, 0.4) is 0 Å². The molecule has 3 aromatic carbocycles. The van der Waals surface area contributed by atoms with Crippen molar-refractivity contribution in [3.63, 3.8) is 0 Å². The molecule has 0 aliphatic rings. The Morgan fingerprint density at radius 1 is 0.818 bits per heavy atom. The maximum absolute atomic E-state index is 12.5. The first-order chi connectivity index (χ1) is 16.0. The molecular formula is C26H25ClO6. The quantitative estimate of drug-likeness (QED) is 0.251. The van der Waals surface area contributed by atoms with Crippen LogP contribution < -0.4 is 18.9 Å². The zero-order valence-electron chi connectivity index (χ0n) is 18.5. The monoisotopic (exact) mass is 468 g/mol. The zero-order chi connectivity index (χ0) is 23.6. The third-order valence-electron chi connectivity index (χ3n) is 4.95. The summed E-state index contributed by atoms with van der Waals surface area (Å²) in [4.78, 5) is 23.2. The molecule has 0 bridgehead atoms. The molecule has 3 aromatic rings. The first-order valence-corrected chi connectivity index (χ1v) is 10.7. The largest absolute Gasteiger partial charge is 0.497 e. The predicted octanol–water partition coefficient (Wildman–Crippen LogP) is 5.68. The maximum atomic E-state index is 12.5. The Balaban J connectivity index is 1.83. The van der Waals surface area contributed by atoms with Gasteiger partial charge in [-0.2, -0.15) is 0 Å². The Labute approximate surface area is 198 Å². The Morgan fingerprint density at radius 2 is 1.36 bits per heavy atom. The van der Waals surface area contributed by atoms with E-state index in [1.165, 1.54) is 0 Å². The van der Waals surface area contributed by atoms with Crippen LogP contribution in [0.5, 0.6) is 23.0 Å². The van der Waals surface area contributed by atoms with E-state index in [0.717, 1.165) is 22.6 Å². The Hall–Kier alpha value is -3.51. The highest BCUT2D eigenvalue weighted by Crippen LogP contribution is 2.39. The van der Waals surface area contributed by atoms with Crippen LogP contribution in [0.15, 0.2) is 60.7 Å². The Kier molecular flexibility index (Phi) is 8.72. The van der Waals surface area contributed by atoms with Gasteiger partial charge in [-0.3, -0.25) is 4.79 Å². The summed E-state index contributed by atoms with van der Waals surface area (Å²) < 4.78 is 22.3. The molecule has 0 radical (unpaired) electrons. The van der Waals surface area contributed by atoms with Crippen molar-refractivity contribution in [1.82, 2.24) is 0 Å². The molecule has 0 aliphatic heterocycles. The van der Waals surface area contributed by atoms with E-state index in [9.17, 15) is 9.59 Å². The average Bonchev–Trinajstić information content (AvgIpc) is 2.86. The second kappa shape index (κ2) is 11.9. The van der Waals surface area contributed by atoms with Crippen molar-refractivity contribution in [3.8, 4) is 23.0 Å². The fourth-order valence-electron chi connectivity index (χ4n) is 3.09. The molecule has 3 rings (SSSR count). The van der Waals surface area contributed by atoms with E-state index in [-0.39, 0.29) is 42.6 Å². The molecule has 0 aliphatic carbocycles. The molecular weight excluding hydrogens is 444 g/mol. The fraction of sp³-hybridized carbons (Fsp3) is 0.231. The van der Waals surface area contributed by atoms with Gasteiger partial charge in [0.05, 0.1) is 19.2 Å². The minimum atomic E-state index is -0.233. The van der Waals surface area contributed by atoms with Crippen LogP contribution in [0.4, 0.5) is 0 Å². The van der Waals surface area contributed by atoms with Crippen molar-refractivity contribution in [2.45, 2.75) is 26.1 Å². The predicted molar refractivity (Wildman–Crippen MR) is 126 cm³/mol. The highest BCUT2D eigenvalue weighted by molar-refractivity contribution is 6.35. The minimum absolute atomic E-state index is 0.0766. The summed E-state index contributed by atoms with van der Waals surface area (Å²) in [6, 6.07) is 18.2. The summed E-state index contributed by atoms with van der Waals surface area (Å²) >= 11 is 6.57. The molecule has 0 saturated heterocycles. The smallest absolute Gasteiger partial charge is 0.180 e.